The average molecular weight is 426 g/mol. The Bertz CT molecular complexity index is 874. The maximum absolute atomic E-state index is 13.2. The van der Waals surface area contributed by atoms with Crippen LogP contribution in [-0.4, -0.2) is 81.9 Å². The largest absolute Gasteiger partial charge is 0.379 e. The second kappa shape index (κ2) is 8.64. The summed E-state index contributed by atoms with van der Waals surface area (Å²) in [6.45, 7) is 2.03. The molecule has 1 amide bonds. The quantitative estimate of drug-likeness (QED) is 0.508. The summed E-state index contributed by atoms with van der Waals surface area (Å²) in [6.07, 6.45) is 1.20. The van der Waals surface area contributed by atoms with Crippen molar-refractivity contribution < 1.29 is 22.9 Å². The van der Waals surface area contributed by atoms with Gasteiger partial charge >= 0.3 is 0 Å². The number of rotatable bonds is 5. The van der Waals surface area contributed by atoms with E-state index < -0.39 is 14.9 Å². The van der Waals surface area contributed by atoms with Crippen LogP contribution in [0.4, 0.5) is 11.4 Å². The van der Waals surface area contributed by atoms with Gasteiger partial charge in [0.2, 0.25) is 15.9 Å². The molecule has 2 saturated heterocycles. The lowest BCUT2D eigenvalue weighted by Gasteiger charge is -2.35. The van der Waals surface area contributed by atoms with Crippen LogP contribution in [0.2, 0.25) is 0 Å². The number of morpholine rings is 1. The maximum Gasteiger partial charge on any atom is 0.270 e. The van der Waals surface area contributed by atoms with E-state index in [1.165, 1.54) is 16.4 Å². The summed E-state index contributed by atoms with van der Waals surface area (Å²) in [4.78, 5) is 26.3. The van der Waals surface area contributed by atoms with Crippen LogP contribution in [0.15, 0.2) is 23.1 Å². The first-order valence-corrected chi connectivity index (χ1v) is 11.0. The normalized spacial score (nSPS) is 19.2. The van der Waals surface area contributed by atoms with Crippen LogP contribution in [0.1, 0.15) is 12.8 Å². The number of nitrogens with zero attached hydrogens (tertiary/aromatic N) is 4. The fraction of sp³-hybridized carbons (Fsp3) is 0.611. The van der Waals surface area contributed by atoms with Gasteiger partial charge in [-0.3, -0.25) is 14.9 Å². The first kappa shape index (κ1) is 21.5. The molecule has 0 atom stereocenters. The standard InChI is InChI=1S/C18H26N4O6S/c1-19(2)18(23)14-5-7-20(8-6-14)16-4-3-15(22(24)25)13-17(16)29(26,27)21-9-11-28-12-10-21/h3-4,13-14H,5-12H2,1-2H3. The third-order valence-electron chi connectivity index (χ3n) is 5.37. The predicted molar refractivity (Wildman–Crippen MR) is 106 cm³/mol. The average Bonchev–Trinajstić information content (AvgIpc) is 2.73. The van der Waals surface area contributed by atoms with Crippen LogP contribution < -0.4 is 4.90 Å². The number of carbonyl (C=O) groups is 1. The van der Waals surface area contributed by atoms with Crippen LogP contribution in [-0.2, 0) is 19.6 Å². The highest BCUT2D eigenvalue weighted by atomic mass is 32.2. The number of benzene rings is 1. The van der Waals surface area contributed by atoms with Gasteiger partial charge < -0.3 is 14.5 Å². The second-order valence-electron chi connectivity index (χ2n) is 7.42. The van der Waals surface area contributed by atoms with Crippen molar-refractivity contribution >= 4 is 27.3 Å². The molecule has 10 nitrogen and oxygen atoms in total. The number of amides is 1. The van der Waals surface area contributed by atoms with Gasteiger partial charge in [0.1, 0.15) is 4.90 Å². The van der Waals surface area contributed by atoms with Crippen molar-refractivity contribution in [1.29, 1.82) is 0 Å². The number of nitro benzene ring substituents is 1. The smallest absolute Gasteiger partial charge is 0.270 e. The molecule has 2 aliphatic rings. The van der Waals surface area contributed by atoms with Gasteiger partial charge in [0.15, 0.2) is 0 Å². The Balaban J connectivity index is 1.91. The lowest BCUT2D eigenvalue weighted by atomic mass is 9.95. The topological polar surface area (TPSA) is 113 Å². The van der Waals surface area contributed by atoms with Crippen molar-refractivity contribution in [3.8, 4) is 0 Å². The van der Waals surface area contributed by atoms with Gasteiger partial charge in [-0.05, 0) is 18.9 Å². The van der Waals surface area contributed by atoms with Crippen LogP contribution in [0.5, 0.6) is 0 Å². The lowest BCUT2D eigenvalue weighted by Crippen LogP contribution is -2.43. The van der Waals surface area contributed by atoms with Crippen molar-refractivity contribution in [1.82, 2.24) is 9.21 Å². The Morgan fingerprint density at radius 3 is 2.34 bits per heavy atom. The molecule has 11 heteroatoms. The van der Waals surface area contributed by atoms with Crippen molar-refractivity contribution in [2.75, 3.05) is 58.4 Å². The number of nitro groups is 1. The van der Waals surface area contributed by atoms with E-state index in [0.29, 0.717) is 44.8 Å². The molecule has 3 rings (SSSR count). The Morgan fingerprint density at radius 1 is 1.17 bits per heavy atom. The van der Waals surface area contributed by atoms with Crippen molar-refractivity contribution in [3.05, 3.63) is 28.3 Å². The molecular weight excluding hydrogens is 400 g/mol. The minimum atomic E-state index is -3.91. The number of piperidine rings is 1. The van der Waals surface area contributed by atoms with E-state index in [1.54, 1.807) is 19.0 Å². The zero-order chi connectivity index (χ0) is 21.2. The third-order valence-corrected chi connectivity index (χ3v) is 7.30. The zero-order valence-electron chi connectivity index (χ0n) is 16.6. The summed E-state index contributed by atoms with van der Waals surface area (Å²) in [5.41, 5.74) is 0.177. The number of anilines is 1. The molecule has 2 heterocycles. The Kier molecular flexibility index (Phi) is 6.39. The highest BCUT2D eigenvalue weighted by Gasteiger charge is 2.34. The van der Waals surface area contributed by atoms with E-state index in [9.17, 15) is 23.3 Å². The van der Waals surface area contributed by atoms with Crippen LogP contribution in [0.25, 0.3) is 0 Å². The summed E-state index contributed by atoms with van der Waals surface area (Å²) in [7, 11) is -0.469. The summed E-state index contributed by atoms with van der Waals surface area (Å²) in [6, 6.07) is 3.96. The molecule has 0 N–H and O–H groups in total. The van der Waals surface area contributed by atoms with E-state index in [0.717, 1.165) is 6.07 Å². The lowest BCUT2D eigenvalue weighted by molar-refractivity contribution is -0.385. The first-order chi connectivity index (χ1) is 13.7. The fourth-order valence-electron chi connectivity index (χ4n) is 3.74. The Morgan fingerprint density at radius 2 is 1.79 bits per heavy atom. The molecule has 2 fully saturated rings. The van der Waals surface area contributed by atoms with Crippen LogP contribution in [0.3, 0.4) is 0 Å². The van der Waals surface area contributed by atoms with Crippen molar-refractivity contribution in [3.63, 3.8) is 0 Å². The zero-order valence-corrected chi connectivity index (χ0v) is 17.4. The highest BCUT2D eigenvalue weighted by molar-refractivity contribution is 7.89. The van der Waals surface area contributed by atoms with Crippen LogP contribution >= 0.6 is 0 Å². The monoisotopic (exact) mass is 426 g/mol. The van der Waals surface area contributed by atoms with E-state index in [-0.39, 0.29) is 35.5 Å². The SMILES string of the molecule is CN(C)C(=O)C1CCN(c2ccc([N+](=O)[O-])cc2S(=O)(=O)N2CCOCC2)CC1. The molecule has 0 spiro atoms. The van der Waals surface area contributed by atoms with Gasteiger partial charge in [-0.2, -0.15) is 4.31 Å². The number of sulfonamides is 1. The molecule has 2 aliphatic heterocycles. The molecule has 160 valence electrons. The number of carbonyl (C=O) groups excluding carboxylic acids is 1. The predicted octanol–water partition coefficient (Wildman–Crippen LogP) is 0.920. The van der Waals surface area contributed by atoms with Crippen LogP contribution in [0, 0.1) is 16.0 Å². The minimum Gasteiger partial charge on any atom is -0.379 e. The summed E-state index contributed by atoms with van der Waals surface area (Å²) in [5.74, 6) is -0.0342. The first-order valence-electron chi connectivity index (χ1n) is 9.54. The number of hydrogen-bond donors (Lipinski definition) is 0. The number of hydrogen-bond acceptors (Lipinski definition) is 7. The van der Waals surface area contributed by atoms with Gasteiger partial charge in [-0.15, -0.1) is 0 Å². The maximum atomic E-state index is 13.2. The summed E-state index contributed by atoms with van der Waals surface area (Å²) < 4.78 is 33.0. The Labute approximate surface area is 170 Å². The van der Waals surface area contributed by atoms with E-state index in [1.807, 2.05) is 4.90 Å². The molecule has 1 aromatic carbocycles. The second-order valence-corrected chi connectivity index (χ2v) is 9.33. The number of ether oxygens (including phenoxy) is 1. The molecule has 0 aromatic heterocycles. The van der Waals surface area contributed by atoms with Crippen molar-refractivity contribution in [2.45, 2.75) is 17.7 Å². The van der Waals surface area contributed by atoms with Gasteiger partial charge in [0.25, 0.3) is 5.69 Å². The molecule has 1 aromatic rings. The van der Waals surface area contributed by atoms with Gasteiger partial charge in [-0.25, -0.2) is 8.42 Å². The fourth-order valence-corrected chi connectivity index (χ4v) is 5.38. The van der Waals surface area contributed by atoms with E-state index in [4.69, 9.17) is 4.74 Å². The molecule has 0 radical (unpaired) electrons. The molecule has 0 saturated carbocycles. The molecule has 0 aliphatic carbocycles. The van der Waals surface area contributed by atoms with Crippen molar-refractivity contribution in [2.24, 2.45) is 5.92 Å². The molecule has 0 unspecified atom stereocenters. The van der Waals surface area contributed by atoms with Gasteiger partial charge in [-0.1, -0.05) is 0 Å². The van der Waals surface area contributed by atoms with Gasteiger partial charge in [0.05, 0.1) is 23.8 Å². The number of non-ortho nitro benzene ring substituents is 1. The van der Waals surface area contributed by atoms with E-state index >= 15 is 0 Å². The highest BCUT2D eigenvalue weighted by Crippen LogP contribution is 2.34. The third kappa shape index (κ3) is 4.51. The molecule has 29 heavy (non-hydrogen) atoms. The molecular formula is C18H26N4O6S. The summed E-state index contributed by atoms with van der Waals surface area (Å²) in [5, 5.41) is 11.2. The van der Waals surface area contributed by atoms with E-state index in [2.05, 4.69) is 0 Å². The Hall–Kier alpha value is -2.24. The van der Waals surface area contributed by atoms with Gasteiger partial charge in [0, 0.05) is 58.3 Å². The molecule has 0 bridgehead atoms. The summed E-state index contributed by atoms with van der Waals surface area (Å²) >= 11 is 0. The minimum absolute atomic E-state index is 0.0639.